The van der Waals surface area contributed by atoms with E-state index in [-0.39, 0.29) is 5.54 Å². The van der Waals surface area contributed by atoms with Crippen LogP contribution in [0.25, 0.3) is 0 Å². The number of anilines is 1. The van der Waals surface area contributed by atoms with Gasteiger partial charge in [-0.25, -0.2) is 0 Å². The zero-order valence-corrected chi connectivity index (χ0v) is 11.1. The lowest BCUT2D eigenvalue weighted by Gasteiger charge is -2.31. The van der Waals surface area contributed by atoms with E-state index in [9.17, 15) is 0 Å². The van der Waals surface area contributed by atoms with Gasteiger partial charge in [0.25, 0.3) is 0 Å². The van der Waals surface area contributed by atoms with Crippen LogP contribution in [0.1, 0.15) is 32.6 Å². The predicted octanol–water partition coefficient (Wildman–Crippen LogP) is 3.66. The first-order valence-corrected chi connectivity index (χ1v) is 6.80. The van der Waals surface area contributed by atoms with E-state index >= 15 is 0 Å². The fourth-order valence-electron chi connectivity index (χ4n) is 2.78. The minimum atomic E-state index is 0.0473. The Balaban J connectivity index is 2.13. The van der Waals surface area contributed by atoms with Gasteiger partial charge in [0, 0.05) is 12.1 Å². The summed E-state index contributed by atoms with van der Waals surface area (Å²) < 4.78 is 0. The van der Waals surface area contributed by atoms with Crippen molar-refractivity contribution in [1.82, 2.24) is 0 Å². The number of rotatable bonds is 4. The Morgan fingerprint density at radius 3 is 2.82 bits per heavy atom. The monoisotopic (exact) mass is 252 g/mol. The molecule has 2 atom stereocenters. The first-order chi connectivity index (χ1) is 8.19. The molecule has 0 aliphatic heterocycles. The van der Waals surface area contributed by atoms with Gasteiger partial charge in [-0.1, -0.05) is 37.1 Å². The maximum atomic E-state index is 6.19. The van der Waals surface area contributed by atoms with Crippen LogP contribution in [-0.2, 0) is 0 Å². The highest BCUT2D eigenvalue weighted by Crippen LogP contribution is 2.39. The largest absolute Gasteiger partial charge is 0.377 e. The third-order valence-corrected chi connectivity index (χ3v) is 4.28. The average molecular weight is 253 g/mol. The van der Waals surface area contributed by atoms with Crippen LogP contribution in [0.4, 0.5) is 5.69 Å². The molecule has 0 bridgehead atoms. The molecule has 1 aromatic rings. The Morgan fingerprint density at radius 1 is 1.47 bits per heavy atom. The van der Waals surface area contributed by atoms with Gasteiger partial charge >= 0.3 is 0 Å². The molecule has 94 valence electrons. The quantitative estimate of drug-likeness (QED) is 0.858. The minimum Gasteiger partial charge on any atom is -0.377 e. The topological polar surface area (TPSA) is 38.0 Å². The van der Waals surface area contributed by atoms with E-state index in [0.29, 0.717) is 6.54 Å². The van der Waals surface area contributed by atoms with Crippen LogP contribution in [-0.4, -0.2) is 12.1 Å². The molecule has 1 saturated carbocycles. The summed E-state index contributed by atoms with van der Waals surface area (Å²) in [5, 5.41) is 4.36. The molecule has 2 unspecified atom stereocenters. The number of para-hydroxylation sites is 1. The third-order valence-electron chi connectivity index (χ3n) is 3.95. The molecule has 0 heterocycles. The van der Waals surface area contributed by atoms with Gasteiger partial charge in [-0.3, -0.25) is 0 Å². The van der Waals surface area contributed by atoms with Gasteiger partial charge in [-0.05, 0) is 37.3 Å². The van der Waals surface area contributed by atoms with Crippen molar-refractivity contribution in [2.45, 2.75) is 38.1 Å². The summed E-state index contributed by atoms with van der Waals surface area (Å²) in [6.45, 7) is 2.93. The smallest absolute Gasteiger partial charge is 0.0637 e. The lowest BCUT2D eigenvalue weighted by Crippen LogP contribution is -2.43. The van der Waals surface area contributed by atoms with Gasteiger partial charge in [0.2, 0.25) is 0 Å². The number of benzene rings is 1. The van der Waals surface area contributed by atoms with Crippen molar-refractivity contribution >= 4 is 17.3 Å². The molecule has 3 N–H and O–H groups in total. The lowest BCUT2D eigenvalue weighted by atomic mass is 9.94. The van der Waals surface area contributed by atoms with E-state index in [4.69, 9.17) is 17.3 Å². The Kier molecular flexibility index (Phi) is 3.95. The van der Waals surface area contributed by atoms with E-state index in [0.717, 1.165) is 29.5 Å². The minimum absolute atomic E-state index is 0.0473. The maximum Gasteiger partial charge on any atom is 0.0637 e. The number of halogens is 1. The molecule has 2 nitrogen and oxygen atoms in total. The summed E-state index contributed by atoms with van der Waals surface area (Å²) in [5.41, 5.74) is 7.04. The standard InChI is InChI=1S/C14H21ClN2/c1-2-11-7-8-14(9-11,10-16)17-13-6-4-3-5-12(13)15/h3-6,11,17H,2,7-10,16H2,1H3. The molecule has 0 spiro atoms. The zero-order valence-electron chi connectivity index (χ0n) is 10.4. The average Bonchev–Trinajstić information content (AvgIpc) is 2.76. The van der Waals surface area contributed by atoms with Crippen molar-refractivity contribution in [3.63, 3.8) is 0 Å². The highest BCUT2D eigenvalue weighted by Gasteiger charge is 2.37. The third kappa shape index (κ3) is 2.75. The second kappa shape index (κ2) is 5.28. The SMILES string of the molecule is CCC1CCC(CN)(Nc2ccccc2Cl)C1. The van der Waals surface area contributed by atoms with Crippen LogP contribution in [0.2, 0.25) is 5.02 Å². The fourth-order valence-corrected chi connectivity index (χ4v) is 2.97. The Morgan fingerprint density at radius 2 is 2.24 bits per heavy atom. The highest BCUT2D eigenvalue weighted by molar-refractivity contribution is 6.33. The van der Waals surface area contributed by atoms with Crippen LogP contribution in [0, 0.1) is 5.92 Å². The molecule has 0 radical (unpaired) electrons. The second-order valence-electron chi connectivity index (χ2n) is 5.11. The van der Waals surface area contributed by atoms with Gasteiger partial charge in [0.05, 0.1) is 10.7 Å². The van der Waals surface area contributed by atoms with Gasteiger partial charge in [-0.2, -0.15) is 0 Å². The Hall–Kier alpha value is -0.730. The van der Waals surface area contributed by atoms with Crippen LogP contribution in [0.5, 0.6) is 0 Å². The first kappa shape index (κ1) is 12.7. The predicted molar refractivity (Wildman–Crippen MR) is 74.5 cm³/mol. The van der Waals surface area contributed by atoms with E-state index in [1.165, 1.54) is 12.8 Å². The van der Waals surface area contributed by atoms with E-state index in [1.54, 1.807) is 0 Å². The van der Waals surface area contributed by atoms with Crippen LogP contribution in [0.15, 0.2) is 24.3 Å². The molecule has 0 aromatic heterocycles. The number of nitrogens with one attached hydrogen (secondary N) is 1. The van der Waals surface area contributed by atoms with E-state index in [2.05, 4.69) is 12.2 Å². The molecule has 1 aliphatic rings. The molecule has 1 aliphatic carbocycles. The summed E-state index contributed by atoms with van der Waals surface area (Å²) >= 11 is 6.19. The second-order valence-corrected chi connectivity index (χ2v) is 5.51. The van der Waals surface area contributed by atoms with Crippen LogP contribution >= 0.6 is 11.6 Å². The molecule has 17 heavy (non-hydrogen) atoms. The van der Waals surface area contributed by atoms with Crippen molar-refractivity contribution in [1.29, 1.82) is 0 Å². The summed E-state index contributed by atoms with van der Waals surface area (Å²) in [6, 6.07) is 7.90. The molecule has 3 heteroatoms. The first-order valence-electron chi connectivity index (χ1n) is 6.42. The summed E-state index contributed by atoms with van der Waals surface area (Å²) in [4.78, 5) is 0. The lowest BCUT2D eigenvalue weighted by molar-refractivity contribution is 0.450. The Bertz CT molecular complexity index is 380. The van der Waals surface area contributed by atoms with Crippen molar-refractivity contribution in [3.05, 3.63) is 29.3 Å². The van der Waals surface area contributed by atoms with Crippen LogP contribution in [0.3, 0.4) is 0 Å². The number of hydrogen-bond acceptors (Lipinski definition) is 2. The van der Waals surface area contributed by atoms with Gasteiger partial charge in [0.15, 0.2) is 0 Å². The van der Waals surface area contributed by atoms with Gasteiger partial charge in [0.1, 0.15) is 0 Å². The summed E-state index contributed by atoms with van der Waals surface area (Å²) in [7, 11) is 0. The van der Waals surface area contributed by atoms with Gasteiger partial charge < -0.3 is 11.1 Å². The number of nitrogens with two attached hydrogens (primary N) is 1. The van der Waals surface area contributed by atoms with Gasteiger partial charge in [-0.15, -0.1) is 0 Å². The molecule has 2 rings (SSSR count). The summed E-state index contributed by atoms with van der Waals surface area (Å²) in [6.07, 6.45) is 4.82. The molecule has 0 saturated heterocycles. The van der Waals surface area contributed by atoms with Crippen molar-refractivity contribution in [2.24, 2.45) is 11.7 Å². The Labute approximate surface area is 109 Å². The maximum absolute atomic E-state index is 6.19. The van der Waals surface area contributed by atoms with Crippen molar-refractivity contribution in [3.8, 4) is 0 Å². The van der Waals surface area contributed by atoms with Crippen LogP contribution < -0.4 is 11.1 Å². The normalized spacial score (nSPS) is 28.3. The molecule has 0 amide bonds. The summed E-state index contributed by atoms with van der Waals surface area (Å²) in [5.74, 6) is 0.800. The highest BCUT2D eigenvalue weighted by atomic mass is 35.5. The van der Waals surface area contributed by atoms with Crippen molar-refractivity contribution < 1.29 is 0 Å². The van der Waals surface area contributed by atoms with E-state index < -0.39 is 0 Å². The fraction of sp³-hybridized carbons (Fsp3) is 0.571. The van der Waals surface area contributed by atoms with E-state index in [1.807, 2.05) is 24.3 Å². The van der Waals surface area contributed by atoms with Crippen molar-refractivity contribution in [2.75, 3.05) is 11.9 Å². The molecule has 1 fully saturated rings. The molecule has 1 aromatic carbocycles. The zero-order chi connectivity index (χ0) is 12.3. The number of hydrogen-bond donors (Lipinski definition) is 2. The molecular formula is C14H21ClN2. The molecular weight excluding hydrogens is 232 g/mol.